The quantitative estimate of drug-likeness (QED) is 0.285. The first-order valence-electron chi connectivity index (χ1n) is 6.53. The number of carbonyl (C=O) groups is 3. The Morgan fingerprint density at radius 2 is 2.18 bits per heavy atom. The third-order valence-electron chi connectivity index (χ3n) is 3.73. The SMILES string of the molecule is C[C@@H](O)[C@H]1C(=O)N2C(C(=O)[O-])=C(C(C)(C)CNC=O)O[C@H]12.[K+]. The fourth-order valence-corrected chi connectivity index (χ4v) is 2.63. The second-order valence-corrected chi connectivity index (χ2v) is 5.83. The number of carboxylic acid groups (broad SMARTS) is 1. The number of aliphatic hydroxyl groups excluding tert-OH is 1. The topological polar surface area (TPSA) is 119 Å². The Morgan fingerprint density at radius 3 is 2.64 bits per heavy atom. The van der Waals surface area contributed by atoms with Gasteiger partial charge in [0.15, 0.2) is 6.23 Å². The molecule has 0 radical (unpaired) electrons. The first-order valence-corrected chi connectivity index (χ1v) is 6.53. The van der Waals surface area contributed by atoms with Crippen molar-refractivity contribution < 1.29 is 80.7 Å². The molecule has 0 aliphatic carbocycles. The number of nitrogens with one attached hydrogen (secondary N) is 1. The van der Waals surface area contributed by atoms with Gasteiger partial charge in [0.1, 0.15) is 17.4 Å². The molecule has 22 heavy (non-hydrogen) atoms. The summed E-state index contributed by atoms with van der Waals surface area (Å²) in [6, 6.07) is 0. The zero-order chi connectivity index (χ0) is 15.9. The summed E-state index contributed by atoms with van der Waals surface area (Å²) in [5.74, 6) is -2.77. The van der Waals surface area contributed by atoms with Gasteiger partial charge < -0.3 is 25.1 Å². The molecule has 8 nitrogen and oxygen atoms in total. The maximum absolute atomic E-state index is 12.0. The predicted octanol–water partition coefficient (Wildman–Crippen LogP) is -5.08. The third kappa shape index (κ3) is 3.10. The van der Waals surface area contributed by atoms with Gasteiger partial charge in [0, 0.05) is 12.0 Å². The van der Waals surface area contributed by atoms with Crippen molar-refractivity contribution >= 4 is 18.3 Å². The van der Waals surface area contributed by atoms with Crippen LogP contribution in [0.25, 0.3) is 0 Å². The standard InChI is InChI=1S/C13H18N2O6.K/c1-6(17)7-10(18)15-8(12(19)20)9(21-11(7)15)13(2,3)4-14-5-16;/h5-7,11,17H,4H2,1-3H3,(H,14,16)(H,19,20);/q;+1/p-1/t6-,7+,11-;/m1./s1. The van der Waals surface area contributed by atoms with Crippen molar-refractivity contribution in [3.8, 4) is 0 Å². The molecule has 1 fully saturated rings. The molecule has 0 unspecified atom stereocenters. The normalized spacial score (nSPS) is 24.7. The van der Waals surface area contributed by atoms with Gasteiger partial charge in [-0.1, -0.05) is 13.8 Å². The van der Waals surface area contributed by atoms with E-state index in [1.807, 2.05) is 0 Å². The average Bonchev–Trinajstić information content (AvgIpc) is 2.71. The molecule has 1 saturated heterocycles. The summed E-state index contributed by atoms with van der Waals surface area (Å²) in [6.07, 6.45) is -1.29. The molecule has 2 aliphatic heterocycles. The molecule has 2 aliphatic rings. The Bertz CT molecular complexity index is 531. The first kappa shape index (κ1) is 19.6. The second-order valence-electron chi connectivity index (χ2n) is 5.83. The van der Waals surface area contributed by atoms with Gasteiger partial charge in [-0.15, -0.1) is 0 Å². The molecule has 3 atom stereocenters. The van der Waals surface area contributed by atoms with Crippen molar-refractivity contribution in [3.05, 3.63) is 11.5 Å². The number of aliphatic carboxylic acids is 1. The number of ether oxygens (including phenoxy) is 1. The fourth-order valence-electron chi connectivity index (χ4n) is 2.63. The zero-order valence-corrected chi connectivity index (χ0v) is 16.1. The van der Waals surface area contributed by atoms with Crippen molar-refractivity contribution in [2.45, 2.75) is 33.1 Å². The van der Waals surface area contributed by atoms with Crippen molar-refractivity contribution in [1.29, 1.82) is 0 Å². The largest absolute Gasteiger partial charge is 1.00 e. The summed E-state index contributed by atoms with van der Waals surface area (Å²) >= 11 is 0. The van der Waals surface area contributed by atoms with Gasteiger partial charge >= 0.3 is 51.4 Å². The number of hydrogen-bond acceptors (Lipinski definition) is 6. The summed E-state index contributed by atoms with van der Waals surface area (Å²) in [4.78, 5) is 34.7. The van der Waals surface area contributed by atoms with E-state index < -0.39 is 35.5 Å². The van der Waals surface area contributed by atoms with E-state index in [0.717, 1.165) is 4.90 Å². The van der Waals surface area contributed by atoms with Crippen molar-refractivity contribution in [2.24, 2.45) is 11.3 Å². The van der Waals surface area contributed by atoms with Gasteiger partial charge in [0.25, 0.3) is 0 Å². The van der Waals surface area contributed by atoms with Crippen molar-refractivity contribution in [2.75, 3.05) is 6.54 Å². The summed E-state index contributed by atoms with van der Waals surface area (Å²) in [5, 5.41) is 23.4. The molecule has 0 aromatic rings. The van der Waals surface area contributed by atoms with Gasteiger partial charge in [0.2, 0.25) is 12.3 Å². The molecule has 2 rings (SSSR count). The Morgan fingerprint density at radius 1 is 1.59 bits per heavy atom. The maximum Gasteiger partial charge on any atom is 1.00 e. The van der Waals surface area contributed by atoms with E-state index in [1.165, 1.54) is 6.92 Å². The number of β-lactam (4-membered cyclic amide) rings is 1. The van der Waals surface area contributed by atoms with Crippen molar-refractivity contribution in [1.82, 2.24) is 10.2 Å². The molecule has 0 saturated carbocycles. The van der Waals surface area contributed by atoms with Crippen LogP contribution in [0.4, 0.5) is 0 Å². The van der Waals surface area contributed by atoms with Crippen LogP contribution in [0.3, 0.4) is 0 Å². The zero-order valence-electron chi connectivity index (χ0n) is 13.0. The third-order valence-corrected chi connectivity index (χ3v) is 3.73. The van der Waals surface area contributed by atoms with Crippen LogP contribution in [-0.4, -0.2) is 47.2 Å². The molecule has 0 bridgehead atoms. The smallest absolute Gasteiger partial charge is 0.543 e. The fraction of sp³-hybridized carbons (Fsp3) is 0.615. The molecule has 0 spiro atoms. The molecule has 0 aromatic carbocycles. The van der Waals surface area contributed by atoms with Gasteiger partial charge in [-0.25, -0.2) is 0 Å². The number of amides is 2. The van der Waals surface area contributed by atoms with Crippen LogP contribution >= 0.6 is 0 Å². The van der Waals surface area contributed by atoms with E-state index in [1.54, 1.807) is 13.8 Å². The van der Waals surface area contributed by atoms with E-state index in [2.05, 4.69) is 5.32 Å². The predicted molar refractivity (Wildman–Crippen MR) is 66.8 cm³/mol. The Hall–Kier alpha value is -0.454. The Kier molecular flexibility index (Phi) is 6.21. The van der Waals surface area contributed by atoms with Crippen molar-refractivity contribution in [3.63, 3.8) is 0 Å². The molecule has 9 heteroatoms. The number of rotatable bonds is 6. The first-order chi connectivity index (χ1) is 9.72. The summed E-state index contributed by atoms with van der Waals surface area (Å²) in [5.41, 5.74) is -1.17. The van der Waals surface area contributed by atoms with Gasteiger partial charge in [0.05, 0.1) is 12.1 Å². The molecular formula is C13H17KN2O6. The molecule has 2 amide bonds. The van der Waals surface area contributed by atoms with Crippen LogP contribution in [-0.2, 0) is 19.1 Å². The van der Waals surface area contributed by atoms with Gasteiger partial charge in [-0.05, 0) is 6.92 Å². The molecule has 2 N–H and O–H groups in total. The Labute approximate surface area is 170 Å². The molecule has 116 valence electrons. The van der Waals surface area contributed by atoms with Crippen LogP contribution in [0.2, 0.25) is 0 Å². The van der Waals surface area contributed by atoms with E-state index in [4.69, 9.17) is 4.74 Å². The summed E-state index contributed by atoms with van der Waals surface area (Å²) in [7, 11) is 0. The monoisotopic (exact) mass is 336 g/mol. The number of carboxylic acids is 1. The van der Waals surface area contributed by atoms with E-state index in [0.29, 0.717) is 6.41 Å². The van der Waals surface area contributed by atoms with Crippen LogP contribution < -0.4 is 61.8 Å². The number of carbonyl (C=O) groups excluding carboxylic acids is 3. The Balaban J connectivity index is 0.00000242. The number of aliphatic hydroxyl groups is 1. The van der Waals surface area contributed by atoms with Crippen LogP contribution in [0.5, 0.6) is 0 Å². The van der Waals surface area contributed by atoms with Crippen LogP contribution in [0.15, 0.2) is 11.5 Å². The van der Waals surface area contributed by atoms with Gasteiger partial charge in [-0.3, -0.25) is 14.5 Å². The average molecular weight is 336 g/mol. The summed E-state index contributed by atoms with van der Waals surface area (Å²) < 4.78 is 5.59. The van der Waals surface area contributed by atoms with Crippen LogP contribution in [0.1, 0.15) is 20.8 Å². The molecular weight excluding hydrogens is 319 g/mol. The number of fused-ring (bicyclic) bond motifs is 1. The molecule has 2 heterocycles. The minimum absolute atomic E-state index is 0. The minimum Gasteiger partial charge on any atom is -0.543 e. The molecule has 0 aromatic heterocycles. The number of hydrogen-bond donors (Lipinski definition) is 2. The van der Waals surface area contributed by atoms with E-state index >= 15 is 0 Å². The number of nitrogens with zero attached hydrogens (tertiary/aromatic N) is 1. The summed E-state index contributed by atoms with van der Waals surface area (Å²) in [6.45, 7) is 4.93. The van der Waals surface area contributed by atoms with Crippen LogP contribution in [0, 0.1) is 11.3 Å². The minimum atomic E-state index is -1.52. The van der Waals surface area contributed by atoms with E-state index in [9.17, 15) is 24.6 Å². The van der Waals surface area contributed by atoms with E-state index in [-0.39, 0.29) is 69.4 Å². The second kappa shape index (κ2) is 6.98. The van der Waals surface area contributed by atoms with Gasteiger partial charge in [-0.2, -0.15) is 0 Å². The maximum atomic E-state index is 12.0.